The molecule has 2 aliphatic carbocycles. The van der Waals surface area contributed by atoms with Crippen LogP contribution in [0.5, 0.6) is 5.75 Å². The Morgan fingerprint density at radius 3 is 2.69 bits per heavy atom. The second-order valence-electron chi connectivity index (χ2n) is 17.6. The summed E-state index contributed by atoms with van der Waals surface area (Å²) in [6.45, 7) is 8.21. The number of hydrogen-bond acceptors (Lipinski definition) is 9. The molecule has 2 amide bonds. The maximum absolute atomic E-state index is 14.7. The van der Waals surface area contributed by atoms with E-state index in [1.54, 1.807) is 19.4 Å². The summed E-state index contributed by atoms with van der Waals surface area (Å²) in [7, 11) is 0.187. The predicted molar refractivity (Wildman–Crippen MR) is 230 cm³/mol. The Bertz CT molecular complexity index is 2220. The molecule has 4 aliphatic heterocycles. The number of aromatic nitrogens is 1. The van der Waals surface area contributed by atoms with Crippen molar-refractivity contribution in [2.24, 2.45) is 23.2 Å². The highest BCUT2D eigenvalue weighted by Crippen LogP contribution is 2.47. The number of amides is 2. The topological polar surface area (TPSA) is 118 Å². The molecule has 0 unspecified atom stereocenters. The molecule has 2 bridgehead atoms. The second-order valence-corrected chi connectivity index (χ2v) is 20.1. The van der Waals surface area contributed by atoms with Gasteiger partial charge in [-0.2, -0.15) is 0 Å². The molecule has 2 saturated heterocycles. The van der Waals surface area contributed by atoms with Crippen LogP contribution in [-0.2, 0) is 44.8 Å². The molecule has 6 aliphatic rings. The van der Waals surface area contributed by atoms with Crippen LogP contribution >= 0.6 is 11.6 Å². The minimum Gasteiger partial charge on any atom is -0.490 e. The van der Waals surface area contributed by atoms with Crippen molar-refractivity contribution in [2.45, 2.75) is 69.1 Å². The van der Waals surface area contributed by atoms with E-state index in [1.165, 1.54) is 11.1 Å². The van der Waals surface area contributed by atoms with Gasteiger partial charge in [-0.05, 0) is 104 Å². The summed E-state index contributed by atoms with van der Waals surface area (Å²) in [5.41, 5.74) is 4.81. The van der Waals surface area contributed by atoms with Crippen LogP contribution < -0.4 is 14.4 Å². The summed E-state index contributed by atoms with van der Waals surface area (Å²) in [5.74, 6) is 0.340. The molecule has 5 heterocycles. The standard InChI is InChI=1S/C45H57ClN6O6S/c1-49-24-34(22-36(49)26-50-16-18-51(19-17-50)37-27-57-28-37)44(54)48-59(55)20-5-3-4-8-41(56-2)38-12-9-33(38)25-52-29-45(15-6-7-31-21-35(46)11-13-39(31)45)30-58-42-14-10-32(23-40(42)52)43(53)47-59/h4,8,10-11,13-14,21-24,33,37-38,41H,3,5-7,9,12,15-20,25-30H2,1-2H3,(H,47,48,53,54,55)/b8-4+/t33-,38+,41-,45-,59-/m0/s1. The molecular weight excluding hydrogens is 788 g/mol. The molecule has 316 valence electrons. The van der Waals surface area contributed by atoms with Crippen molar-refractivity contribution in [3.8, 4) is 5.75 Å². The van der Waals surface area contributed by atoms with E-state index in [0.717, 1.165) is 101 Å². The van der Waals surface area contributed by atoms with Gasteiger partial charge in [0, 0.05) is 87.9 Å². The Hall–Kier alpha value is -3.72. The molecule has 9 rings (SSSR count). The number of fused-ring (bicyclic) bond motifs is 4. The minimum absolute atomic E-state index is 0.0284. The number of halogens is 1. The maximum atomic E-state index is 14.7. The predicted octanol–water partition coefficient (Wildman–Crippen LogP) is 6.01. The van der Waals surface area contributed by atoms with E-state index >= 15 is 0 Å². The maximum Gasteiger partial charge on any atom is 0.286 e. The summed E-state index contributed by atoms with van der Waals surface area (Å²) in [5, 5.41) is 0.743. The normalized spacial score (nSPS) is 29.8. The quantitative estimate of drug-likeness (QED) is 0.298. The molecule has 59 heavy (non-hydrogen) atoms. The van der Waals surface area contributed by atoms with Crippen molar-refractivity contribution in [2.75, 3.05) is 76.9 Å². The number of piperazine rings is 1. The number of carbonyl (C=O) groups is 2. The lowest BCUT2D eigenvalue weighted by Gasteiger charge is -2.46. The largest absolute Gasteiger partial charge is 0.490 e. The van der Waals surface area contributed by atoms with E-state index in [-0.39, 0.29) is 17.3 Å². The van der Waals surface area contributed by atoms with Crippen molar-refractivity contribution < 1.29 is 28.0 Å². The van der Waals surface area contributed by atoms with Crippen molar-refractivity contribution in [1.29, 1.82) is 0 Å². The van der Waals surface area contributed by atoms with Gasteiger partial charge in [0.05, 0.1) is 49.0 Å². The lowest BCUT2D eigenvalue weighted by atomic mass is 9.68. The molecule has 0 radical (unpaired) electrons. The van der Waals surface area contributed by atoms with Gasteiger partial charge >= 0.3 is 0 Å². The molecule has 12 nitrogen and oxygen atoms in total. The molecule has 1 spiro atoms. The van der Waals surface area contributed by atoms with Gasteiger partial charge in [0.15, 0.2) is 0 Å². The second kappa shape index (κ2) is 17.0. The summed E-state index contributed by atoms with van der Waals surface area (Å²) < 4.78 is 41.9. The zero-order valence-corrected chi connectivity index (χ0v) is 35.9. The number of ether oxygens (including phenoxy) is 3. The molecule has 14 heteroatoms. The number of anilines is 1. The summed E-state index contributed by atoms with van der Waals surface area (Å²) in [6.07, 6.45) is 12.2. The number of allylic oxidation sites excluding steroid dienone is 1. The first-order valence-corrected chi connectivity index (χ1v) is 23.5. The highest BCUT2D eigenvalue weighted by molar-refractivity contribution is 7.92. The van der Waals surface area contributed by atoms with E-state index in [0.29, 0.717) is 60.7 Å². The molecule has 1 aromatic heterocycles. The number of benzene rings is 2. The third kappa shape index (κ3) is 8.48. The van der Waals surface area contributed by atoms with Gasteiger partial charge in [0.2, 0.25) is 0 Å². The molecule has 1 saturated carbocycles. The molecule has 5 atom stereocenters. The number of rotatable bonds is 6. The van der Waals surface area contributed by atoms with Crippen LogP contribution in [0.1, 0.15) is 76.1 Å². The minimum atomic E-state index is -3.51. The van der Waals surface area contributed by atoms with Crippen molar-refractivity contribution >= 4 is 39.0 Å². The third-order valence-corrected chi connectivity index (χ3v) is 15.9. The number of carbonyl (C=O) groups excluding carboxylic acids is 2. The summed E-state index contributed by atoms with van der Waals surface area (Å²) in [4.78, 5) is 35.4. The molecule has 1 N–H and O–H groups in total. The van der Waals surface area contributed by atoms with Crippen LogP contribution in [0.3, 0.4) is 0 Å². The van der Waals surface area contributed by atoms with Crippen LogP contribution in [0.15, 0.2) is 65.2 Å². The highest BCUT2D eigenvalue weighted by atomic mass is 35.5. The Morgan fingerprint density at radius 2 is 1.93 bits per heavy atom. The van der Waals surface area contributed by atoms with Crippen molar-refractivity contribution in [1.82, 2.24) is 19.1 Å². The number of methoxy groups -OCH3 is 1. The number of nitrogens with zero attached hydrogens (tertiary/aromatic N) is 5. The fourth-order valence-corrected chi connectivity index (χ4v) is 11.9. The summed E-state index contributed by atoms with van der Waals surface area (Å²) in [6, 6.07) is 14.1. The van der Waals surface area contributed by atoms with Gasteiger partial charge in [-0.25, -0.2) is 4.21 Å². The Morgan fingerprint density at radius 1 is 1.08 bits per heavy atom. The first kappa shape index (κ1) is 40.7. The van der Waals surface area contributed by atoms with Crippen LogP contribution in [0.4, 0.5) is 5.69 Å². The van der Waals surface area contributed by atoms with E-state index in [2.05, 4.69) is 48.1 Å². The van der Waals surface area contributed by atoms with Crippen molar-refractivity contribution in [3.63, 3.8) is 0 Å². The average Bonchev–Trinajstić information content (AvgIpc) is 3.48. The molecule has 3 aromatic rings. The van der Waals surface area contributed by atoms with Gasteiger partial charge in [0.1, 0.15) is 15.7 Å². The van der Waals surface area contributed by atoms with Crippen LogP contribution in [0.2, 0.25) is 5.02 Å². The molecule has 3 fully saturated rings. The number of hydrogen-bond donors (Lipinski definition) is 1. The average molecular weight is 846 g/mol. The fourth-order valence-electron chi connectivity index (χ4n) is 10.2. The number of nitrogens with one attached hydrogen (secondary N) is 1. The zero-order chi connectivity index (χ0) is 40.7. The van der Waals surface area contributed by atoms with Gasteiger partial charge < -0.3 is 23.7 Å². The lowest BCUT2D eigenvalue weighted by Crippen LogP contribution is -2.56. The highest BCUT2D eigenvalue weighted by Gasteiger charge is 2.44. The smallest absolute Gasteiger partial charge is 0.286 e. The monoisotopic (exact) mass is 844 g/mol. The Balaban J connectivity index is 0.997. The van der Waals surface area contributed by atoms with E-state index in [4.69, 9.17) is 25.8 Å². The van der Waals surface area contributed by atoms with E-state index in [9.17, 15) is 13.8 Å². The summed E-state index contributed by atoms with van der Waals surface area (Å²) >= 11 is 6.49. The Labute approximate surface area is 353 Å². The third-order valence-electron chi connectivity index (χ3n) is 13.8. The van der Waals surface area contributed by atoms with Gasteiger partial charge in [-0.3, -0.25) is 24.1 Å². The SMILES string of the molecule is CO[C@H]1/C=C/CCC[S@@](=O)(NC(=O)c2cc(CN3CCN(C4COC4)CC3)n(C)c2)=NC(=O)c2ccc3c(c2)N(C[C@@H]2CC[C@H]21)C[C@@]1(CCCc2cc(Cl)ccc21)CO3. The fraction of sp³-hybridized carbons (Fsp3) is 0.556. The number of aryl methyl sites for hydroxylation is 2. The van der Waals surface area contributed by atoms with Gasteiger partial charge in [-0.1, -0.05) is 29.8 Å². The van der Waals surface area contributed by atoms with Crippen LogP contribution in [0.25, 0.3) is 0 Å². The van der Waals surface area contributed by atoms with E-state index in [1.807, 2.05) is 35.9 Å². The van der Waals surface area contributed by atoms with Crippen LogP contribution in [0, 0.1) is 11.8 Å². The van der Waals surface area contributed by atoms with Gasteiger partial charge in [-0.15, -0.1) is 4.36 Å². The zero-order valence-electron chi connectivity index (χ0n) is 34.3. The van der Waals surface area contributed by atoms with Crippen LogP contribution in [-0.4, -0.2) is 114 Å². The van der Waals surface area contributed by atoms with E-state index < -0.39 is 21.7 Å². The van der Waals surface area contributed by atoms with Crippen molar-refractivity contribution in [3.05, 3.63) is 93.8 Å². The first-order chi connectivity index (χ1) is 28.6. The molecule has 2 aromatic carbocycles. The lowest BCUT2D eigenvalue weighted by molar-refractivity contribution is -0.0775. The van der Waals surface area contributed by atoms with Gasteiger partial charge in [0.25, 0.3) is 11.8 Å². The Kier molecular flexibility index (Phi) is 11.7. The molecular formula is C45H57ClN6O6S. The first-order valence-electron chi connectivity index (χ1n) is 21.4.